The third-order valence-electron chi connectivity index (χ3n) is 22.6. The molecule has 6 unspecified atom stereocenters. The van der Waals surface area contributed by atoms with E-state index in [1.165, 1.54) is 0 Å². The number of aliphatic hydroxyl groups excluding tert-OH is 2. The molecule has 117 heavy (non-hydrogen) atoms. The number of aldehydes is 1. The molecular formula is C79H134BN13NaO21P2. The largest absolute Gasteiger partial charge is 1.00 e. The zero-order valence-electron chi connectivity index (χ0n) is 73.9. The molecule has 6 aliphatic heterocycles. The predicted molar refractivity (Wildman–Crippen MR) is 437 cm³/mol. The number of nitrogens with two attached hydrogens (primary N) is 1. The van der Waals surface area contributed by atoms with Crippen LogP contribution in [0.1, 0.15) is 189 Å². The van der Waals surface area contributed by atoms with Crippen LogP contribution in [0.5, 0.6) is 0 Å². The molecule has 38 heteroatoms. The van der Waals surface area contributed by atoms with Gasteiger partial charge < -0.3 is 105 Å². The molecule has 0 bridgehead atoms. The molecule has 5 N–H and O–H groups in total. The van der Waals surface area contributed by atoms with E-state index in [1.807, 2.05) is 100 Å². The van der Waals surface area contributed by atoms with Crippen LogP contribution in [0.4, 0.5) is 9.59 Å². The first-order chi connectivity index (χ1) is 53.8. The molecule has 6 heterocycles. The molecule has 0 saturated carbocycles. The fourth-order valence-electron chi connectivity index (χ4n) is 16.4. The second-order valence-corrected chi connectivity index (χ2v) is 34.6. The minimum absolute atomic E-state index is 0. The number of hydrogen-bond donors (Lipinski definition) is 4. The Kier molecular flexibility index (Phi) is 46.5. The molecule has 655 valence electrons. The van der Waals surface area contributed by atoms with Crippen LogP contribution in [0, 0.1) is 35.5 Å². The number of cyclic esters (lactones) is 4. The molecule has 34 nitrogen and oxygen atoms in total. The smallest absolute Gasteiger partial charge is 0.512 e. The number of azide groups is 2. The summed E-state index contributed by atoms with van der Waals surface area (Å²) in [5.74, 6) is -3.86. The fraction of sp³-hybridized carbons (Fsp3) is 0.823. The van der Waals surface area contributed by atoms with E-state index in [4.69, 9.17) is 85.5 Å². The van der Waals surface area contributed by atoms with Crippen molar-refractivity contribution in [2.75, 3.05) is 75.1 Å². The van der Waals surface area contributed by atoms with Gasteiger partial charge in [0.1, 0.15) is 29.1 Å². The second-order valence-electron chi connectivity index (χ2n) is 33.0. The number of aliphatic hydroxyl groups is 2. The van der Waals surface area contributed by atoms with E-state index in [9.17, 15) is 43.3 Å². The van der Waals surface area contributed by atoms with Crippen LogP contribution in [-0.4, -0.2) is 275 Å². The Balaban J connectivity index is 0.000000954. The average molecular weight is 1700 g/mol. The number of unbranched alkanes of at least 4 members (excludes halogenated alkanes) is 2. The van der Waals surface area contributed by atoms with Crippen LogP contribution in [0.25, 0.3) is 20.9 Å². The van der Waals surface area contributed by atoms with Gasteiger partial charge in [0.25, 0.3) is 0 Å². The van der Waals surface area contributed by atoms with Gasteiger partial charge in [0.2, 0.25) is 11.6 Å². The van der Waals surface area contributed by atoms with Gasteiger partial charge in [-0.3, -0.25) is 18.9 Å². The maximum atomic E-state index is 13.3. The Morgan fingerprint density at radius 3 is 1.39 bits per heavy atom. The number of hydrogen-bond acceptors (Lipinski definition) is 28. The molecule has 6 rings (SSSR count). The maximum absolute atomic E-state index is 13.3. The summed E-state index contributed by atoms with van der Waals surface area (Å²) in [7, 11) is 10.8. The number of nitrogens with one attached hydrogen (secondary N) is 1. The van der Waals surface area contributed by atoms with Gasteiger partial charge >= 0.3 is 53.7 Å². The van der Waals surface area contributed by atoms with E-state index in [0.29, 0.717) is 120 Å². The van der Waals surface area contributed by atoms with Gasteiger partial charge in [0.05, 0.1) is 71.1 Å². The summed E-state index contributed by atoms with van der Waals surface area (Å²) in [5, 5.41) is 38.3. The van der Waals surface area contributed by atoms with E-state index >= 15 is 0 Å². The number of nitrogens with zero attached hydrogens (tertiary/aromatic N) is 11. The molecule has 6 aliphatic rings. The Morgan fingerprint density at radius 2 is 1.06 bits per heavy atom. The molecule has 0 aromatic carbocycles. The summed E-state index contributed by atoms with van der Waals surface area (Å²) < 4.78 is 98.2. The normalized spacial score (nSPS) is 29.0. The van der Waals surface area contributed by atoms with Gasteiger partial charge in [-0.2, -0.15) is 0 Å². The Bertz CT molecular complexity index is 3430. The summed E-state index contributed by atoms with van der Waals surface area (Å²) in [6, 6.07) is -2.15. The molecule has 3 radical (unpaired) electrons. The molecule has 2 amide bonds. The van der Waals surface area contributed by atoms with E-state index in [2.05, 4.69) is 45.5 Å². The third-order valence-corrected chi connectivity index (χ3v) is 24.2. The number of carbonyl (C=O) groups excluding carboxylic acids is 5. The molecule has 4 fully saturated rings. The van der Waals surface area contributed by atoms with E-state index in [-0.39, 0.29) is 91.0 Å². The SMILES string of the molecule is C=C[C@@H](N)[C@H]1N(CCCCN=[N+]=[N-])C(=O)O[C@]1(C)[C@H](O)CC.C=C[C@@H](NC[C@H](C)C[C@@](C)(OC)[C@H](O[C@@H]1OC(C)CC(N(C)C)C1P=O)[C@@H](C)C1=C(C)C(=O)OC(C)(C)O1)[C@H]1N(CCCCN=[N+]=[N-])C(=O)O[C@]1(C)[C@H](O)CC.CO[C@](C)(C[C@@H](C)C=O)[C@H](O[C@@H]1OC(C)CC(N(C)C)C1P=O)[C@@H](C)C1=C(C)C(=O)OC(C)(C)O1.[B].[C-]#N.[Na+]. The number of methoxy groups -OCH3 is 2. The molecule has 0 aromatic rings. The zero-order chi connectivity index (χ0) is 87.6. The summed E-state index contributed by atoms with van der Waals surface area (Å²) in [6.45, 7) is 47.0. The van der Waals surface area contributed by atoms with Gasteiger partial charge in [-0.1, -0.05) is 63.9 Å². The monoisotopic (exact) mass is 1700 g/mol. The number of rotatable bonds is 42. The van der Waals surface area contributed by atoms with Crippen molar-refractivity contribution < 1.29 is 130 Å². The molecular weight excluding hydrogens is 1560 g/mol. The average Bonchev–Trinajstić information content (AvgIpc) is 1.68. The standard InChI is InChI=1S/C39H67N6O10P.C25H42NO8P.C14H25N5O3.CN.B.Na/c1-14-27(32-39(10,29(46)15-2)55-36(48)45(32)19-17-16-18-42-43-40)41-22-23(3)21-38(9,50-13)33(25(5)30-26(6)34(47)54-37(7,8)53-30)52-35-31(56-49)28(44(11)12)20-24(4)51-35;1-14(13-27)12-25(7,30-10)21(16(3)19-17(4)22(28)34-24(5,6)33-19)32-23-20(35-29)18(26(8)9)11-15(2)31-23;1-4-10(15)12-14(3,11(20)5-2)22-13(21)19(12)9-7-6-8-17-18-16;1-2;;/h14,23-25,27-29,31-33,35,41,46H,1,15-22H2,2-13H3;13-16,18,20-21,23H,11-12H2,1-10H3;4,10-12,20H,1,5-9,15H2,2-3H3;;;/q;;;-1;;+1/t23-,24?,25+,27-,28?,29-,31?,32-,33-,35+,38-,39-;14-,15?,16+,18?,20?,21-,23+,25-;10-,11-,12-,14-;;;/m111.../s1. The van der Waals surface area contributed by atoms with Crippen molar-refractivity contribution in [3.8, 4) is 0 Å². The summed E-state index contributed by atoms with van der Waals surface area (Å²) in [6.07, 6.45) is 3.51. The minimum atomic E-state index is -1.22. The fourth-order valence-corrected chi connectivity index (χ4v) is 17.9. The van der Waals surface area contributed by atoms with Crippen molar-refractivity contribution in [1.29, 1.82) is 5.26 Å². The van der Waals surface area contributed by atoms with Gasteiger partial charge in [0.15, 0.2) is 40.7 Å². The first kappa shape index (κ1) is 110. The molecule has 0 spiro atoms. The van der Waals surface area contributed by atoms with E-state index in [1.54, 1.807) is 91.6 Å². The number of amides is 2. The topological polar surface area (TPSA) is 443 Å². The van der Waals surface area contributed by atoms with Crippen molar-refractivity contribution in [3.63, 3.8) is 0 Å². The third kappa shape index (κ3) is 28.6. The van der Waals surface area contributed by atoms with E-state index in [0.717, 1.165) is 6.29 Å². The first-order valence-electron chi connectivity index (χ1n) is 39.6. The van der Waals surface area contributed by atoms with Crippen LogP contribution in [-0.2, 0) is 80.4 Å². The number of ether oxygens (including phenoxy) is 12. The second kappa shape index (κ2) is 49.6. The zero-order valence-corrected chi connectivity index (χ0v) is 77.7. The summed E-state index contributed by atoms with van der Waals surface area (Å²) in [4.78, 5) is 75.4. The van der Waals surface area contributed by atoms with Crippen molar-refractivity contribution in [2.45, 2.75) is 320 Å². The molecule has 24 atom stereocenters. The van der Waals surface area contributed by atoms with E-state index < -0.39 is 142 Å². The van der Waals surface area contributed by atoms with Gasteiger partial charge in [0, 0.05) is 128 Å². The quantitative estimate of drug-likeness (QED) is 0.00378. The predicted octanol–water partition coefficient (Wildman–Crippen LogP) is 8.94. The maximum Gasteiger partial charge on any atom is 1.00 e. The minimum Gasteiger partial charge on any atom is -0.512 e. The van der Waals surface area contributed by atoms with Gasteiger partial charge in [-0.05, 0) is 171 Å². The Morgan fingerprint density at radius 1 is 0.684 bits per heavy atom. The number of carbonyl (C=O) groups is 5. The van der Waals surface area contributed by atoms with Crippen LogP contribution in [0.15, 0.2) is 58.2 Å². The van der Waals surface area contributed by atoms with Crippen molar-refractivity contribution in [3.05, 3.63) is 75.4 Å². The van der Waals surface area contributed by atoms with Crippen LogP contribution in [0.2, 0.25) is 0 Å². The summed E-state index contributed by atoms with van der Waals surface area (Å²) in [5.41, 5.74) is 18.5. The molecule has 0 aromatic heterocycles. The summed E-state index contributed by atoms with van der Waals surface area (Å²) >= 11 is 0. The molecule has 4 saturated heterocycles. The van der Waals surface area contributed by atoms with Crippen molar-refractivity contribution >= 4 is 55.7 Å². The van der Waals surface area contributed by atoms with Crippen molar-refractivity contribution in [1.82, 2.24) is 24.9 Å². The Hall–Kier alpha value is -5.40. The van der Waals surface area contributed by atoms with Gasteiger partial charge in [-0.15, -0.1) is 13.2 Å². The van der Waals surface area contributed by atoms with Gasteiger partial charge in [-0.25, -0.2) is 19.2 Å². The number of esters is 2. The van der Waals surface area contributed by atoms with Crippen molar-refractivity contribution in [2.24, 2.45) is 39.6 Å². The Labute approximate surface area is 721 Å². The van der Waals surface area contributed by atoms with Crippen LogP contribution in [0.3, 0.4) is 0 Å². The first-order valence-corrected chi connectivity index (χ1v) is 41.4. The van der Waals surface area contributed by atoms with Crippen LogP contribution >= 0.6 is 16.9 Å². The van der Waals surface area contributed by atoms with Crippen LogP contribution < -0.4 is 40.6 Å². The molecule has 0 aliphatic carbocycles.